The van der Waals surface area contributed by atoms with Crippen LogP contribution in [0, 0.1) is 0 Å². The van der Waals surface area contributed by atoms with Gasteiger partial charge in [-0.3, -0.25) is 4.79 Å². The Morgan fingerprint density at radius 1 is 1.15 bits per heavy atom. The first kappa shape index (κ1) is 21.2. The third kappa shape index (κ3) is 6.23. The molecule has 1 heterocycles. The summed E-state index contributed by atoms with van der Waals surface area (Å²) in [5, 5.41) is 3.47. The van der Waals surface area contributed by atoms with E-state index in [0.29, 0.717) is 37.7 Å². The van der Waals surface area contributed by atoms with Crippen molar-refractivity contribution in [3.05, 3.63) is 29.3 Å². The molecular formula is C18H29ClN3O3S+. The van der Waals surface area contributed by atoms with Crippen molar-refractivity contribution in [2.45, 2.75) is 37.5 Å². The summed E-state index contributed by atoms with van der Waals surface area (Å²) in [6.07, 6.45) is 4.54. The molecule has 0 unspecified atom stereocenters. The first-order chi connectivity index (χ1) is 12.4. The van der Waals surface area contributed by atoms with Crippen molar-refractivity contribution in [1.29, 1.82) is 0 Å². The van der Waals surface area contributed by atoms with Crippen molar-refractivity contribution in [3.8, 4) is 0 Å². The monoisotopic (exact) mass is 402 g/mol. The predicted octanol–water partition coefficient (Wildman–Crippen LogP) is 0.926. The van der Waals surface area contributed by atoms with Crippen molar-refractivity contribution >= 4 is 27.5 Å². The van der Waals surface area contributed by atoms with Gasteiger partial charge in [-0.25, -0.2) is 8.42 Å². The van der Waals surface area contributed by atoms with Gasteiger partial charge < -0.3 is 10.2 Å². The zero-order chi connectivity index (χ0) is 19.0. The van der Waals surface area contributed by atoms with E-state index in [0.717, 1.165) is 24.3 Å². The highest BCUT2D eigenvalue weighted by Gasteiger charge is 2.30. The van der Waals surface area contributed by atoms with Gasteiger partial charge in [-0.1, -0.05) is 37.8 Å². The molecule has 0 spiro atoms. The SMILES string of the molecule is CCCCCCNC(=O)C[NH+]1CCN(S(=O)(=O)c2ccc(Cl)cc2)CC1. The zero-order valence-electron chi connectivity index (χ0n) is 15.3. The number of nitrogens with one attached hydrogen (secondary N) is 2. The van der Waals surface area contributed by atoms with E-state index in [4.69, 9.17) is 11.6 Å². The Balaban J connectivity index is 1.76. The Labute approximate surface area is 161 Å². The average Bonchev–Trinajstić information content (AvgIpc) is 2.62. The van der Waals surface area contributed by atoms with Gasteiger partial charge >= 0.3 is 0 Å². The summed E-state index contributed by atoms with van der Waals surface area (Å²) in [6.45, 7) is 5.40. The highest BCUT2D eigenvalue weighted by molar-refractivity contribution is 7.89. The van der Waals surface area contributed by atoms with E-state index >= 15 is 0 Å². The molecule has 0 bridgehead atoms. The van der Waals surface area contributed by atoms with Crippen LogP contribution in [0.1, 0.15) is 32.6 Å². The van der Waals surface area contributed by atoms with Crippen LogP contribution < -0.4 is 10.2 Å². The molecule has 8 heteroatoms. The van der Waals surface area contributed by atoms with E-state index in [-0.39, 0.29) is 10.8 Å². The molecule has 0 saturated carbocycles. The second kappa shape index (κ2) is 10.3. The fraction of sp³-hybridized carbons (Fsp3) is 0.611. The zero-order valence-corrected chi connectivity index (χ0v) is 16.9. The molecule has 2 N–H and O–H groups in total. The van der Waals surface area contributed by atoms with Crippen molar-refractivity contribution in [1.82, 2.24) is 9.62 Å². The summed E-state index contributed by atoms with van der Waals surface area (Å²) in [4.78, 5) is 13.4. The Bertz CT molecular complexity index is 671. The van der Waals surface area contributed by atoms with E-state index in [9.17, 15) is 13.2 Å². The molecule has 1 aromatic carbocycles. The lowest BCUT2D eigenvalue weighted by Gasteiger charge is -2.31. The van der Waals surface area contributed by atoms with Crippen LogP contribution in [0.25, 0.3) is 0 Å². The Morgan fingerprint density at radius 2 is 1.81 bits per heavy atom. The average molecular weight is 403 g/mol. The third-order valence-electron chi connectivity index (χ3n) is 4.64. The van der Waals surface area contributed by atoms with Crippen LogP contribution in [0.2, 0.25) is 5.02 Å². The molecule has 1 aliphatic rings. The Kier molecular flexibility index (Phi) is 8.34. The number of carbonyl (C=O) groups excluding carboxylic acids is 1. The lowest BCUT2D eigenvalue weighted by molar-refractivity contribution is -0.895. The van der Waals surface area contributed by atoms with Gasteiger partial charge in [0.25, 0.3) is 5.91 Å². The molecular weight excluding hydrogens is 374 g/mol. The topological polar surface area (TPSA) is 70.9 Å². The van der Waals surface area contributed by atoms with E-state index in [1.54, 1.807) is 12.1 Å². The summed E-state index contributed by atoms with van der Waals surface area (Å²) in [5.41, 5.74) is 0. The maximum Gasteiger partial charge on any atom is 0.275 e. The van der Waals surface area contributed by atoms with Crippen molar-refractivity contribution < 1.29 is 18.1 Å². The minimum atomic E-state index is -3.49. The summed E-state index contributed by atoms with van der Waals surface area (Å²) in [6, 6.07) is 6.23. The molecule has 146 valence electrons. The second-order valence-electron chi connectivity index (χ2n) is 6.70. The first-order valence-corrected chi connectivity index (χ1v) is 11.1. The highest BCUT2D eigenvalue weighted by atomic mass is 35.5. The fourth-order valence-electron chi connectivity index (χ4n) is 3.04. The molecule has 1 aliphatic heterocycles. The number of amides is 1. The summed E-state index contributed by atoms with van der Waals surface area (Å²) >= 11 is 5.83. The number of carbonyl (C=O) groups is 1. The minimum absolute atomic E-state index is 0.0468. The van der Waals surface area contributed by atoms with Gasteiger partial charge in [0.05, 0.1) is 31.1 Å². The number of sulfonamides is 1. The molecule has 0 atom stereocenters. The van der Waals surface area contributed by atoms with Crippen LogP contribution in [0.5, 0.6) is 0 Å². The molecule has 1 amide bonds. The summed E-state index contributed by atoms with van der Waals surface area (Å²) in [7, 11) is -3.49. The van der Waals surface area contributed by atoms with Crippen LogP contribution in [0.4, 0.5) is 0 Å². The standard InChI is InChI=1S/C18H28ClN3O3S/c1-2-3-4-5-10-20-18(23)15-21-11-13-22(14-12-21)26(24,25)17-8-6-16(19)7-9-17/h6-9H,2-5,10-15H2,1H3,(H,20,23)/p+1. The van der Waals surface area contributed by atoms with E-state index in [2.05, 4.69) is 12.2 Å². The maximum absolute atomic E-state index is 12.6. The van der Waals surface area contributed by atoms with Crippen LogP contribution in [-0.4, -0.2) is 57.9 Å². The van der Waals surface area contributed by atoms with Crippen LogP contribution >= 0.6 is 11.6 Å². The molecule has 26 heavy (non-hydrogen) atoms. The number of hydrogen-bond donors (Lipinski definition) is 2. The van der Waals surface area contributed by atoms with Crippen LogP contribution in [0.3, 0.4) is 0 Å². The number of rotatable bonds is 9. The first-order valence-electron chi connectivity index (χ1n) is 9.29. The molecule has 6 nitrogen and oxygen atoms in total. The molecule has 1 aromatic rings. The number of piperazine rings is 1. The quantitative estimate of drug-likeness (QED) is 0.603. The van der Waals surface area contributed by atoms with Gasteiger partial charge in [0, 0.05) is 11.6 Å². The van der Waals surface area contributed by atoms with Crippen LogP contribution in [0.15, 0.2) is 29.2 Å². The van der Waals surface area contributed by atoms with Crippen LogP contribution in [-0.2, 0) is 14.8 Å². The number of nitrogens with zero attached hydrogens (tertiary/aromatic N) is 1. The Morgan fingerprint density at radius 3 is 2.42 bits per heavy atom. The van der Waals surface area contributed by atoms with Gasteiger partial charge in [0.1, 0.15) is 0 Å². The molecule has 1 fully saturated rings. The second-order valence-corrected chi connectivity index (χ2v) is 9.07. The summed E-state index contributed by atoms with van der Waals surface area (Å²) < 4.78 is 26.8. The number of halogens is 1. The van der Waals surface area contributed by atoms with Gasteiger partial charge in [0.15, 0.2) is 6.54 Å². The smallest absolute Gasteiger partial charge is 0.275 e. The van der Waals surface area contributed by atoms with Gasteiger partial charge in [0.2, 0.25) is 10.0 Å². The molecule has 0 aromatic heterocycles. The van der Waals surface area contributed by atoms with E-state index in [1.165, 1.54) is 29.3 Å². The van der Waals surface area contributed by atoms with Crippen molar-refractivity contribution in [2.24, 2.45) is 0 Å². The van der Waals surface area contributed by atoms with Crippen molar-refractivity contribution in [2.75, 3.05) is 39.3 Å². The lowest BCUT2D eigenvalue weighted by Crippen LogP contribution is -3.15. The van der Waals surface area contributed by atoms with E-state index in [1.807, 2.05) is 0 Å². The normalized spacial score (nSPS) is 16.5. The molecule has 1 saturated heterocycles. The van der Waals surface area contributed by atoms with Gasteiger partial charge in [-0.2, -0.15) is 4.31 Å². The summed E-state index contributed by atoms with van der Waals surface area (Å²) in [5.74, 6) is 0.0468. The molecule has 0 aliphatic carbocycles. The largest absolute Gasteiger partial charge is 0.351 e. The molecule has 2 rings (SSSR count). The number of quaternary nitrogens is 1. The minimum Gasteiger partial charge on any atom is -0.351 e. The number of hydrogen-bond acceptors (Lipinski definition) is 3. The van der Waals surface area contributed by atoms with Gasteiger partial charge in [-0.05, 0) is 30.7 Å². The Hall–Kier alpha value is -1.15. The maximum atomic E-state index is 12.6. The third-order valence-corrected chi connectivity index (χ3v) is 6.81. The van der Waals surface area contributed by atoms with Gasteiger partial charge in [-0.15, -0.1) is 0 Å². The fourth-order valence-corrected chi connectivity index (χ4v) is 4.61. The number of unbranched alkanes of at least 4 members (excludes halogenated alkanes) is 3. The number of benzene rings is 1. The highest BCUT2D eigenvalue weighted by Crippen LogP contribution is 2.18. The van der Waals surface area contributed by atoms with E-state index < -0.39 is 10.0 Å². The van der Waals surface area contributed by atoms with Crippen molar-refractivity contribution in [3.63, 3.8) is 0 Å². The predicted molar refractivity (Wildman–Crippen MR) is 103 cm³/mol. The lowest BCUT2D eigenvalue weighted by atomic mass is 10.2. The molecule has 0 radical (unpaired) electrons.